The van der Waals surface area contributed by atoms with Crippen LogP contribution in [0.2, 0.25) is 0 Å². The highest BCUT2D eigenvalue weighted by Gasteiger charge is 2.29. The van der Waals surface area contributed by atoms with E-state index in [0.29, 0.717) is 17.1 Å². The van der Waals surface area contributed by atoms with Crippen molar-refractivity contribution in [1.82, 2.24) is 10.1 Å². The highest BCUT2D eigenvalue weighted by molar-refractivity contribution is 5.95. The van der Waals surface area contributed by atoms with E-state index in [1.165, 1.54) is 0 Å². The molecule has 2 aromatic rings. The summed E-state index contributed by atoms with van der Waals surface area (Å²) in [5.74, 6) is 0.412. The third-order valence-electron chi connectivity index (χ3n) is 3.51. The first-order chi connectivity index (χ1) is 11.0. The average Bonchev–Trinajstić information content (AvgIpc) is 3.29. The van der Waals surface area contributed by atoms with Crippen LogP contribution in [0.1, 0.15) is 47.9 Å². The summed E-state index contributed by atoms with van der Waals surface area (Å²) in [5, 5.41) is 6.47. The van der Waals surface area contributed by atoms with Crippen LogP contribution in [0.15, 0.2) is 28.8 Å². The van der Waals surface area contributed by atoms with Crippen LogP contribution < -0.4 is 5.32 Å². The van der Waals surface area contributed by atoms with Crippen LogP contribution >= 0.6 is 0 Å². The summed E-state index contributed by atoms with van der Waals surface area (Å²) in [6.45, 7) is 3.35. The van der Waals surface area contributed by atoms with Crippen molar-refractivity contribution in [2.75, 3.05) is 5.32 Å². The number of esters is 1. The maximum atomic E-state index is 12.1. The number of anilines is 1. The summed E-state index contributed by atoms with van der Waals surface area (Å²) in [6.07, 6.45) is 1.27. The molecule has 0 spiro atoms. The smallest absolute Gasteiger partial charge is 0.338 e. The summed E-state index contributed by atoms with van der Waals surface area (Å²) < 4.78 is 10.3. The van der Waals surface area contributed by atoms with E-state index >= 15 is 0 Å². The molecule has 1 fully saturated rings. The van der Waals surface area contributed by atoms with Gasteiger partial charge < -0.3 is 14.6 Å². The van der Waals surface area contributed by atoms with E-state index in [0.717, 1.165) is 12.8 Å². The van der Waals surface area contributed by atoms with Gasteiger partial charge >= 0.3 is 5.97 Å². The van der Waals surface area contributed by atoms with E-state index in [1.54, 1.807) is 38.1 Å². The first-order valence-electron chi connectivity index (χ1n) is 7.45. The molecule has 7 nitrogen and oxygen atoms in total. The van der Waals surface area contributed by atoms with Gasteiger partial charge in [0.2, 0.25) is 5.91 Å². The Morgan fingerprint density at radius 3 is 2.57 bits per heavy atom. The normalized spacial score (nSPS) is 15.0. The van der Waals surface area contributed by atoms with Crippen molar-refractivity contribution in [1.29, 1.82) is 0 Å². The Kier molecular flexibility index (Phi) is 4.10. The van der Waals surface area contributed by atoms with Gasteiger partial charge in [0, 0.05) is 11.6 Å². The number of aromatic nitrogens is 2. The lowest BCUT2D eigenvalue weighted by Gasteiger charge is -2.10. The minimum atomic E-state index is -0.627. The third-order valence-corrected chi connectivity index (χ3v) is 3.51. The Labute approximate surface area is 133 Å². The fourth-order valence-electron chi connectivity index (χ4n) is 2.04. The number of hydrogen-bond acceptors (Lipinski definition) is 6. The second kappa shape index (κ2) is 6.20. The molecule has 1 atom stereocenters. The van der Waals surface area contributed by atoms with Crippen molar-refractivity contribution < 1.29 is 18.8 Å². The largest absolute Gasteiger partial charge is 0.449 e. The zero-order valence-corrected chi connectivity index (χ0v) is 12.9. The van der Waals surface area contributed by atoms with E-state index in [4.69, 9.17) is 9.26 Å². The Morgan fingerprint density at radius 2 is 2.00 bits per heavy atom. The molecular weight excluding hydrogens is 298 g/mol. The van der Waals surface area contributed by atoms with Crippen molar-refractivity contribution >= 4 is 17.6 Å². The van der Waals surface area contributed by atoms with Gasteiger partial charge in [0.25, 0.3) is 5.89 Å². The maximum absolute atomic E-state index is 12.1. The molecule has 1 aromatic carbocycles. The van der Waals surface area contributed by atoms with E-state index in [-0.39, 0.29) is 17.7 Å². The van der Waals surface area contributed by atoms with Crippen LogP contribution in [0.5, 0.6) is 0 Å². The lowest BCUT2D eigenvalue weighted by molar-refractivity contribution is -0.117. The molecule has 1 saturated carbocycles. The Bertz CT molecular complexity index is 719. The molecule has 1 heterocycles. The fourth-order valence-corrected chi connectivity index (χ4v) is 2.04. The number of aryl methyl sites for hydroxylation is 1. The SMILES string of the molecule is Cc1noc(C(C)OC(=O)c2ccc(NC(=O)C3CC3)cc2)n1. The third kappa shape index (κ3) is 3.74. The van der Waals surface area contributed by atoms with E-state index < -0.39 is 12.1 Å². The summed E-state index contributed by atoms with van der Waals surface area (Å²) in [5.41, 5.74) is 1.05. The average molecular weight is 315 g/mol. The van der Waals surface area contributed by atoms with Crippen molar-refractivity contribution in [3.63, 3.8) is 0 Å². The molecule has 1 aliphatic rings. The summed E-state index contributed by atoms with van der Waals surface area (Å²) in [6, 6.07) is 6.57. The number of rotatable bonds is 5. The van der Waals surface area contributed by atoms with E-state index in [2.05, 4.69) is 15.5 Å². The number of carbonyl (C=O) groups is 2. The second-order valence-corrected chi connectivity index (χ2v) is 5.57. The number of carbonyl (C=O) groups excluding carboxylic acids is 2. The fraction of sp³-hybridized carbons (Fsp3) is 0.375. The van der Waals surface area contributed by atoms with Gasteiger partial charge in [0.15, 0.2) is 11.9 Å². The molecule has 1 aromatic heterocycles. The number of hydrogen-bond donors (Lipinski definition) is 1. The molecule has 1 N–H and O–H groups in total. The minimum Gasteiger partial charge on any atom is -0.449 e. The standard InChI is InChI=1S/C16H17N3O4/c1-9(15-17-10(2)19-23-15)22-16(21)12-5-7-13(8-6-12)18-14(20)11-3-4-11/h5-9,11H,3-4H2,1-2H3,(H,18,20). The number of ether oxygens (including phenoxy) is 1. The molecule has 0 aliphatic heterocycles. The zero-order chi connectivity index (χ0) is 16.4. The van der Waals surface area contributed by atoms with Crippen molar-refractivity contribution in [3.8, 4) is 0 Å². The lowest BCUT2D eigenvalue weighted by Crippen LogP contribution is -2.13. The molecule has 120 valence electrons. The summed E-state index contributed by atoms with van der Waals surface area (Å²) >= 11 is 0. The minimum absolute atomic E-state index is 0.0284. The first-order valence-corrected chi connectivity index (χ1v) is 7.45. The lowest BCUT2D eigenvalue weighted by atomic mass is 10.2. The molecule has 1 unspecified atom stereocenters. The van der Waals surface area contributed by atoms with Crippen LogP contribution in [0.4, 0.5) is 5.69 Å². The number of amides is 1. The Hall–Kier alpha value is -2.70. The number of nitrogens with one attached hydrogen (secondary N) is 1. The van der Waals surface area contributed by atoms with Crippen molar-refractivity contribution in [2.24, 2.45) is 5.92 Å². The number of benzene rings is 1. The molecule has 3 rings (SSSR count). The molecule has 0 bridgehead atoms. The molecule has 0 radical (unpaired) electrons. The van der Waals surface area contributed by atoms with Crippen molar-refractivity contribution in [2.45, 2.75) is 32.8 Å². The molecule has 7 heteroatoms. The van der Waals surface area contributed by atoms with Crippen LogP contribution in [-0.2, 0) is 9.53 Å². The van der Waals surface area contributed by atoms with Crippen LogP contribution in [0.3, 0.4) is 0 Å². The zero-order valence-electron chi connectivity index (χ0n) is 12.9. The highest BCUT2D eigenvalue weighted by atomic mass is 16.6. The van der Waals surface area contributed by atoms with Gasteiger partial charge in [-0.1, -0.05) is 5.16 Å². The van der Waals surface area contributed by atoms with Gasteiger partial charge in [0.05, 0.1) is 5.56 Å². The van der Waals surface area contributed by atoms with E-state index in [1.807, 2.05) is 0 Å². The summed E-state index contributed by atoms with van der Waals surface area (Å²) in [4.78, 5) is 27.8. The molecular formula is C16H17N3O4. The maximum Gasteiger partial charge on any atom is 0.338 e. The van der Waals surface area contributed by atoms with Gasteiger partial charge in [-0.15, -0.1) is 0 Å². The van der Waals surface area contributed by atoms with Crippen LogP contribution in [0, 0.1) is 12.8 Å². The van der Waals surface area contributed by atoms with Gasteiger partial charge in [-0.3, -0.25) is 4.79 Å². The molecule has 1 amide bonds. The number of nitrogens with zero attached hydrogens (tertiary/aromatic N) is 2. The Balaban J connectivity index is 1.59. The predicted octanol–water partition coefficient (Wildman–Crippen LogP) is 2.64. The molecule has 1 aliphatic carbocycles. The quantitative estimate of drug-likeness (QED) is 0.852. The molecule has 0 saturated heterocycles. The van der Waals surface area contributed by atoms with Gasteiger partial charge in [-0.25, -0.2) is 4.79 Å². The van der Waals surface area contributed by atoms with Gasteiger partial charge in [-0.2, -0.15) is 4.98 Å². The first kappa shape index (κ1) is 15.2. The molecule has 23 heavy (non-hydrogen) atoms. The summed E-state index contributed by atoms with van der Waals surface area (Å²) in [7, 11) is 0. The van der Waals surface area contributed by atoms with Crippen LogP contribution in [-0.4, -0.2) is 22.0 Å². The monoisotopic (exact) mass is 315 g/mol. The van der Waals surface area contributed by atoms with Crippen molar-refractivity contribution in [3.05, 3.63) is 41.5 Å². The Morgan fingerprint density at radius 1 is 1.30 bits per heavy atom. The second-order valence-electron chi connectivity index (χ2n) is 5.57. The topological polar surface area (TPSA) is 94.3 Å². The van der Waals surface area contributed by atoms with Gasteiger partial charge in [-0.05, 0) is 51.0 Å². The van der Waals surface area contributed by atoms with E-state index in [9.17, 15) is 9.59 Å². The highest BCUT2D eigenvalue weighted by Crippen LogP contribution is 2.30. The van der Waals surface area contributed by atoms with Gasteiger partial charge in [0.1, 0.15) is 0 Å². The van der Waals surface area contributed by atoms with Crippen LogP contribution in [0.25, 0.3) is 0 Å². The predicted molar refractivity (Wildman–Crippen MR) is 80.7 cm³/mol.